The molecule has 0 radical (unpaired) electrons. The molecular formula is C37H41N3. The smallest absolute Gasteiger partial charge is 0.163 e. The number of benzene rings is 4. The summed E-state index contributed by atoms with van der Waals surface area (Å²) in [5.41, 5.74) is 9.68. The summed E-state index contributed by atoms with van der Waals surface area (Å²) >= 11 is 0. The average Bonchev–Trinajstić information content (AvgIpc) is 3.37. The Balaban J connectivity index is 1.69. The predicted octanol–water partition coefficient (Wildman–Crippen LogP) is 9.82. The van der Waals surface area contributed by atoms with E-state index < -0.39 is 0 Å². The maximum atomic E-state index is 5.01. The molecule has 0 aliphatic carbocycles. The highest BCUT2D eigenvalue weighted by molar-refractivity contribution is 5.77. The number of hydrogen-bond donors (Lipinski definition) is 0. The lowest BCUT2D eigenvalue weighted by molar-refractivity contribution is 0.590. The molecule has 0 saturated heterocycles. The summed E-state index contributed by atoms with van der Waals surface area (Å²) in [6.07, 6.45) is 1.85. The fourth-order valence-electron chi connectivity index (χ4n) is 5.03. The normalized spacial score (nSPS) is 12.1. The molecule has 0 saturated carbocycles. The highest BCUT2D eigenvalue weighted by atomic mass is 15.4. The third kappa shape index (κ3) is 5.94. The van der Waals surface area contributed by atoms with E-state index in [9.17, 15) is 0 Å². The Bertz CT molecular complexity index is 1500. The van der Waals surface area contributed by atoms with Crippen LogP contribution in [0.5, 0.6) is 0 Å². The van der Waals surface area contributed by atoms with Crippen molar-refractivity contribution in [3.05, 3.63) is 114 Å². The van der Waals surface area contributed by atoms with E-state index in [1.54, 1.807) is 0 Å². The van der Waals surface area contributed by atoms with Crippen LogP contribution < -0.4 is 0 Å². The van der Waals surface area contributed by atoms with Gasteiger partial charge in [-0.3, -0.25) is 0 Å². The van der Waals surface area contributed by atoms with E-state index in [1.807, 2.05) is 10.7 Å². The van der Waals surface area contributed by atoms with Crippen LogP contribution in [0.1, 0.15) is 71.8 Å². The zero-order valence-corrected chi connectivity index (χ0v) is 25.0. The number of aromatic nitrogens is 3. The second-order valence-corrected chi connectivity index (χ2v) is 12.8. The lowest BCUT2D eigenvalue weighted by atomic mass is 9.85. The summed E-state index contributed by atoms with van der Waals surface area (Å²) in [6, 6.07) is 35.2. The zero-order chi connectivity index (χ0) is 28.5. The molecular weight excluding hydrogens is 486 g/mol. The van der Waals surface area contributed by atoms with Gasteiger partial charge in [0.05, 0.1) is 5.69 Å². The van der Waals surface area contributed by atoms with Gasteiger partial charge in [-0.2, -0.15) is 5.10 Å². The summed E-state index contributed by atoms with van der Waals surface area (Å²) in [4.78, 5) is 4.98. The van der Waals surface area contributed by atoms with Gasteiger partial charge in [-0.05, 0) is 68.8 Å². The Labute approximate surface area is 240 Å². The first kappa shape index (κ1) is 27.6. The highest BCUT2D eigenvalue weighted by Crippen LogP contribution is 2.34. The molecule has 0 aliphatic rings. The Morgan fingerprint density at radius 2 is 1.07 bits per heavy atom. The number of rotatable bonds is 6. The van der Waals surface area contributed by atoms with Gasteiger partial charge in [0.2, 0.25) is 0 Å². The molecule has 0 N–H and O–H groups in total. The summed E-state index contributed by atoms with van der Waals surface area (Å²) < 4.78 is 2.03. The molecule has 1 heterocycles. The van der Waals surface area contributed by atoms with E-state index in [0.717, 1.165) is 35.7 Å². The molecule has 5 rings (SSSR count). The van der Waals surface area contributed by atoms with Crippen LogP contribution in [0.2, 0.25) is 0 Å². The molecule has 0 bridgehead atoms. The molecule has 3 nitrogen and oxygen atoms in total. The third-order valence-electron chi connectivity index (χ3n) is 7.49. The van der Waals surface area contributed by atoms with E-state index in [4.69, 9.17) is 10.1 Å². The number of nitrogens with zero attached hydrogens (tertiary/aromatic N) is 3. The molecule has 40 heavy (non-hydrogen) atoms. The van der Waals surface area contributed by atoms with Crippen LogP contribution in [0.3, 0.4) is 0 Å². The minimum absolute atomic E-state index is 0.112. The fourth-order valence-corrected chi connectivity index (χ4v) is 5.03. The molecule has 0 amide bonds. The molecule has 204 valence electrons. The summed E-state index contributed by atoms with van der Waals surface area (Å²) in [6.45, 7) is 15.7. The minimum Gasteiger partial charge on any atom is -0.213 e. The van der Waals surface area contributed by atoms with E-state index >= 15 is 0 Å². The number of aryl methyl sites for hydroxylation is 1. The molecule has 0 fully saturated rings. The lowest BCUT2D eigenvalue weighted by Gasteiger charge is -2.20. The van der Waals surface area contributed by atoms with Gasteiger partial charge >= 0.3 is 0 Å². The van der Waals surface area contributed by atoms with E-state index in [0.29, 0.717) is 0 Å². The van der Waals surface area contributed by atoms with E-state index in [2.05, 4.69) is 139 Å². The van der Waals surface area contributed by atoms with Crippen LogP contribution in [0.25, 0.3) is 39.3 Å². The van der Waals surface area contributed by atoms with Crippen LogP contribution in [-0.4, -0.2) is 14.8 Å². The van der Waals surface area contributed by atoms with Crippen LogP contribution in [0.4, 0.5) is 0 Å². The molecule has 0 unspecified atom stereocenters. The summed E-state index contributed by atoms with van der Waals surface area (Å²) in [5.74, 6) is 1.75. The van der Waals surface area contributed by atoms with Crippen molar-refractivity contribution in [3.8, 4) is 39.3 Å². The first-order valence-electron chi connectivity index (χ1n) is 14.4. The molecule has 3 heteroatoms. The largest absolute Gasteiger partial charge is 0.213 e. The zero-order valence-electron chi connectivity index (χ0n) is 25.0. The second-order valence-electron chi connectivity index (χ2n) is 12.8. The summed E-state index contributed by atoms with van der Waals surface area (Å²) in [5, 5.41) is 5.01. The van der Waals surface area contributed by atoms with Gasteiger partial charge in [0, 0.05) is 12.0 Å². The van der Waals surface area contributed by atoms with Crippen molar-refractivity contribution < 1.29 is 0 Å². The van der Waals surface area contributed by atoms with Gasteiger partial charge in [0.25, 0.3) is 0 Å². The first-order valence-corrected chi connectivity index (χ1v) is 14.4. The highest BCUT2D eigenvalue weighted by Gasteiger charge is 2.18. The van der Waals surface area contributed by atoms with Gasteiger partial charge in [0.1, 0.15) is 0 Å². The fraction of sp³-hybridized carbons (Fsp3) is 0.297. The van der Waals surface area contributed by atoms with Gasteiger partial charge in [-0.25, -0.2) is 9.67 Å². The van der Waals surface area contributed by atoms with Crippen molar-refractivity contribution in [1.29, 1.82) is 0 Å². The molecule has 0 atom stereocenters. The van der Waals surface area contributed by atoms with Crippen LogP contribution >= 0.6 is 0 Å². The molecule has 0 spiro atoms. The molecule has 0 aliphatic heterocycles. The Morgan fingerprint density at radius 1 is 0.575 bits per heavy atom. The minimum atomic E-state index is 0.112. The van der Waals surface area contributed by atoms with Crippen LogP contribution in [-0.2, 0) is 17.3 Å². The predicted molar refractivity (Wildman–Crippen MR) is 169 cm³/mol. The van der Waals surface area contributed by atoms with Crippen molar-refractivity contribution >= 4 is 0 Å². The van der Waals surface area contributed by atoms with Crippen LogP contribution in [0.15, 0.2) is 97.1 Å². The van der Waals surface area contributed by atoms with Crippen molar-refractivity contribution in [2.45, 2.75) is 72.1 Å². The SMILES string of the molecule is CCCc1nc(-c2ccccc2)n(-c2cc(-c3ccc(C(C)(C)C)cc3)cc(-c3ccc(C(C)(C)C)cc3)c2)n1. The quantitative estimate of drug-likeness (QED) is 0.220. The van der Waals surface area contributed by atoms with E-state index in [1.165, 1.54) is 33.4 Å². The molecule has 5 aromatic rings. The maximum absolute atomic E-state index is 5.01. The average molecular weight is 528 g/mol. The molecule has 4 aromatic carbocycles. The van der Waals surface area contributed by atoms with Gasteiger partial charge in [-0.1, -0.05) is 127 Å². The third-order valence-corrected chi connectivity index (χ3v) is 7.49. The first-order chi connectivity index (χ1) is 19.0. The summed E-state index contributed by atoms with van der Waals surface area (Å²) in [7, 11) is 0. The standard InChI is InChI=1S/C37H41N3/c1-8-12-34-38-35(28-13-10-9-11-14-28)40(39-34)33-24-29(26-15-19-31(20-16-26)36(2,3)4)23-30(25-33)27-17-21-32(22-18-27)37(5,6)7/h9-11,13-25H,8,12H2,1-7H3. The van der Waals surface area contributed by atoms with Crippen molar-refractivity contribution in [2.24, 2.45) is 0 Å². The Hall–Kier alpha value is -3.98. The molecule has 1 aromatic heterocycles. The number of hydrogen-bond acceptors (Lipinski definition) is 2. The van der Waals surface area contributed by atoms with Crippen LogP contribution in [0, 0.1) is 0 Å². The van der Waals surface area contributed by atoms with E-state index in [-0.39, 0.29) is 10.8 Å². The van der Waals surface area contributed by atoms with Crippen molar-refractivity contribution in [3.63, 3.8) is 0 Å². The van der Waals surface area contributed by atoms with Crippen molar-refractivity contribution in [1.82, 2.24) is 14.8 Å². The Kier molecular flexibility index (Phi) is 7.51. The van der Waals surface area contributed by atoms with Crippen molar-refractivity contribution in [2.75, 3.05) is 0 Å². The lowest BCUT2D eigenvalue weighted by Crippen LogP contribution is -2.10. The second kappa shape index (κ2) is 10.9. The van der Waals surface area contributed by atoms with Gasteiger partial charge in [-0.15, -0.1) is 0 Å². The maximum Gasteiger partial charge on any atom is 0.163 e. The van der Waals surface area contributed by atoms with Gasteiger partial charge in [0.15, 0.2) is 11.6 Å². The topological polar surface area (TPSA) is 30.7 Å². The monoisotopic (exact) mass is 527 g/mol. The Morgan fingerprint density at radius 3 is 1.52 bits per heavy atom. The van der Waals surface area contributed by atoms with Gasteiger partial charge < -0.3 is 0 Å².